The smallest absolute Gasteiger partial charge is 0.191 e. The van der Waals surface area contributed by atoms with E-state index in [1.165, 1.54) is 56.7 Å². The summed E-state index contributed by atoms with van der Waals surface area (Å²) in [6, 6.07) is 30.4. The summed E-state index contributed by atoms with van der Waals surface area (Å²) < 4.78 is 26.3. The summed E-state index contributed by atoms with van der Waals surface area (Å²) >= 11 is 1.27. The Morgan fingerprint density at radius 1 is 0.600 bits per heavy atom. The van der Waals surface area contributed by atoms with Gasteiger partial charge in [-0.2, -0.15) is 0 Å². The maximum Gasteiger partial charge on any atom is 0.191 e. The van der Waals surface area contributed by atoms with Crippen LogP contribution in [0.25, 0.3) is 0 Å². The van der Waals surface area contributed by atoms with Crippen molar-refractivity contribution in [2.75, 3.05) is 0 Å². The average molecular weight is 633 g/mol. The molecule has 0 unspecified atom stereocenters. The Kier molecular flexibility index (Phi) is 16.2. The van der Waals surface area contributed by atoms with Gasteiger partial charge in [0.1, 0.15) is 23.7 Å². The van der Waals surface area contributed by atoms with Crippen molar-refractivity contribution in [3.05, 3.63) is 108 Å². The van der Waals surface area contributed by atoms with Crippen LogP contribution in [-0.4, -0.2) is 35.0 Å². The molecule has 4 rings (SSSR count). The van der Waals surface area contributed by atoms with Gasteiger partial charge in [-0.3, -0.25) is 4.79 Å². The van der Waals surface area contributed by atoms with Gasteiger partial charge in [0.2, 0.25) is 0 Å². The van der Waals surface area contributed by atoms with E-state index in [-0.39, 0.29) is 17.3 Å². The Hall–Kier alpha value is -2.48. The molecule has 244 valence electrons. The summed E-state index contributed by atoms with van der Waals surface area (Å²) in [5.41, 5.74) is 2.73. The molecular formula is C39H52O5S. The van der Waals surface area contributed by atoms with Crippen LogP contribution in [0.2, 0.25) is 0 Å². The molecule has 0 N–H and O–H groups in total. The van der Waals surface area contributed by atoms with E-state index >= 15 is 0 Å². The highest BCUT2D eigenvalue weighted by Gasteiger charge is 2.47. The third-order valence-corrected chi connectivity index (χ3v) is 9.39. The minimum absolute atomic E-state index is 0.147. The first kappa shape index (κ1) is 35.4. The Labute approximate surface area is 275 Å². The number of carbonyl (C=O) groups excluding carboxylic acids is 1. The summed E-state index contributed by atoms with van der Waals surface area (Å²) in [6.07, 6.45) is 9.99. The third kappa shape index (κ3) is 12.7. The normalized spacial score (nSPS) is 21.5. The Balaban J connectivity index is 1.43. The molecule has 1 aliphatic rings. The van der Waals surface area contributed by atoms with Crippen molar-refractivity contribution >= 4 is 16.9 Å². The van der Waals surface area contributed by atoms with Crippen LogP contribution in [0.3, 0.4) is 0 Å². The fourth-order valence-corrected chi connectivity index (χ4v) is 6.85. The van der Waals surface area contributed by atoms with Crippen molar-refractivity contribution in [1.29, 1.82) is 0 Å². The number of carbonyl (C=O) groups is 1. The van der Waals surface area contributed by atoms with E-state index in [4.69, 9.17) is 18.9 Å². The van der Waals surface area contributed by atoms with Crippen LogP contribution >= 0.6 is 11.8 Å². The topological polar surface area (TPSA) is 54.0 Å². The number of ether oxygens (including phenoxy) is 4. The molecule has 0 bridgehead atoms. The van der Waals surface area contributed by atoms with Crippen molar-refractivity contribution in [3.63, 3.8) is 0 Å². The highest BCUT2D eigenvalue weighted by Crippen LogP contribution is 2.36. The molecule has 1 saturated heterocycles. The molecule has 1 heterocycles. The lowest BCUT2D eigenvalue weighted by Gasteiger charge is -2.45. The SMILES string of the molecule is CCCCCCCCCCCC(=O)S[C@H]1O[C@@H](C)[C@@H](OCc2ccccc2)[C@@H](OCc2ccccc2)[C@@H]1OCc1ccccc1. The fraction of sp³-hybridized carbons (Fsp3) is 0.513. The predicted octanol–water partition coefficient (Wildman–Crippen LogP) is 9.67. The molecule has 0 radical (unpaired) electrons. The molecule has 0 amide bonds. The van der Waals surface area contributed by atoms with Gasteiger partial charge in [-0.05, 0) is 30.0 Å². The lowest BCUT2D eigenvalue weighted by molar-refractivity contribution is -0.242. The molecule has 5 atom stereocenters. The van der Waals surface area contributed by atoms with Gasteiger partial charge in [-0.25, -0.2) is 0 Å². The number of hydrogen-bond acceptors (Lipinski definition) is 6. The third-order valence-electron chi connectivity index (χ3n) is 8.32. The van der Waals surface area contributed by atoms with Crippen LogP contribution in [0.15, 0.2) is 91.0 Å². The Morgan fingerprint density at radius 2 is 1.02 bits per heavy atom. The van der Waals surface area contributed by atoms with E-state index in [1.54, 1.807) is 0 Å². The molecule has 0 aromatic heterocycles. The van der Waals surface area contributed by atoms with Crippen LogP contribution in [0, 0.1) is 0 Å². The number of unbranched alkanes of at least 4 members (excludes halogenated alkanes) is 8. The summed E-state index contributed by atoms with van der Waals surface area (Å²) in [5, 5.41) is 0.147. The van der Waals surface area contributed by atoms with Crippen molar-refractivity contribution in [2.45, 2.75) is 128 Å². The quantitative estimate of drug-likeness (QED) is 0.116. The van der Waals surface area contributed by atoms with Gasteiger partial charge < -0.3 is 18.9 Å². The zero-order chi connectivity index (χ0) is 31.5. The maximum absolute atomic E-state index is 13.3. The Morgan fingerprint density at radius 3 is 1.51 bits per heavy atom. The molecular weight excluding hydrogens is 580 g/mol. The lowest BCUT2D eigenvalue weighted by Crippen LogP contribution is -2.58. The van der Waals surface area contributed by atoms with E-state index < -0.39 is 17.6 Å². The molecule has 3 aromatic rings. The second-order valence-electron chi connectivity index (χ2n) is 12.1. The minimum atomic E-state index is -0.497. The molecule has 0 saturated carbocycles. The predicted molar refractivity (Wildman–Crippen MR) is 184 cm³/mol. The Bertz CT molecular complexity index is 1190. The molecule has 0 aliphatic carbocycles. The summed E-state index contributed by atoms with van der Waals surface area (Å²) in [4.78, 5) is 13.3. The van der Waals surface area contributed by atoms with Crippen LogP contribution in [0.4, 0.5) is 0 Å². The standard InChI is InChI=1S/C39H52O5S/c1-3-4-5-6-7-8-9-10-20-27-35(40)45-39-38(43-30-34-25-18-13-19-26-34)37(42-29-33-23-16-12-17-24-33)36(31(2)44-39)41-28-32-21-14-11-15-22-32/h11-19,21-26,31,36-39H,3-10,20,27-30H2,1-2H3/t31-,36+,37+,38-,39+/m0/s1. The van der Waals surface area contributed by atoms with Crippen molar-refractivity contribution in [1.82, 2.24) is 0 Å². The second-order valence-corrected chi connectivity index (χ2v) is 13.2. The van der Waals surface area contributed by atoms with Crippen molar-refractivity contribution in [3.8, 4) is 0 Å². The van der Waals surface area contributed by atoms with Crippen LogP contribution in [-0.2, 0) is 43.6 Å². The monoisotopic (exact) mass is 632 g/mol. The van der Waals surface area contributed by atoms with Gasteiger partial charge in [0.05, 0.1) is 25.9 Å². The molecule has 0 spiro atoms. The lowest BCUT2D eigenvalue weighted by atomic mass is 9.99. The first-order valence-electron chi connectivity index (χ1n) is 17.0. The van der Waals surface area contributed by atoms with Gasteiger partial charge in [-0.1, -0.05) is 161 Å². The van der Waals surface area contributed by atoms with E-state index in [0.29, 0.717) is 26.2 Å². The highest BCUT2D eigenvalue weighted by molar-refractivity contribution is 8.14. The van der Waals surface area contributed by atoms with Gasteiger partial charge >= 0.3 is 0 Å². The number of benzene rings is 3. The second kappa shape index (κ2) is 20.6. The molecule has 45 heavy (non-hydrogen) atoms. The van der Waals surface area contributed by atoms with E-state index in [1.807, 2.05) is 73.7 Å². The number of thioether (sulfide) groups is 1. The van der Waals surface area contributed by atoms with Gasteiger partial charge in [0.15, 0.2) is 5.12 Å². The first-order chi connectivity index (χ1) is 22.1. The van der Waals surface area contributed by atoms with Gasteiger partial charge in [0.25, 0.3) is 0 Å². The summed E-state index contributed by atoms with van der Waals surface area (Å²) in [6.45, 7) is 5.51. The summed E-state index contributed by atoms with van der Waals surface area (Å²) in [5.74, 6) is 0. The van der Waals surface area contributed by atoms with Crippen molar-refractivity contribution < 1.29 is 23.7 Å². The largest absolute Gasteiger partial charge is 0.368 e. The fourth-order valence-electron chi connectivity index (χ4n) is 5.73. The number of rotatable bonds is 20. The maximum atomic E-state index is 13.3. The summed E-state index contributed by atoms with van der Waals surface area (Å²) in [7, 11) is 0. The zero-order valence-electron chi connectivity index (χ0n) is 27.2. The van der Waals surface area contributed by atoms with E-state index in [2.05, 4.69) is 31.2 Å². The van der Waals surface area contributed by atoms with Crippen LogP contribution in [0.1, 0.15) is 94.7 Å². The van der Waals surface area contributed by atoms with Crippen LogP contribution in [0.5, 0.6) is 0 Å². The molecule has 6 heteroatoms. The average Bonchev–Trinajstić information content (AvgIpc) is 3.07. The minimum Gasteiger partial charge on any atom is -0.368 e. The molecule has 3 aromatic carbocycles. The molecule has 1 fully saturated rings. The van der Waals surface area contributed by atoms with Gasteiger partial charge in [0, 0.05) is 6.42 Å². The molecule has 5 nitrogen and oxygen atoms in total. The highest BCUT2D eigenvalue weighted by atomic mass is 32.2. The van der Waals surface area contributed by atoms with E-state index in [0.717, 1.165) is 29.5 Å². The van der Waals surface area contributed by atoms with Crippen molar-refractivity contribution in [2.24, 2.45) is 0 Å². The first-order valence-corrected chi connectivity index (χ1v) is 17.8. The zero-order valence-corrected chi connectivity index (χ0v) is 28.0. The molecule has 1 aliphatic heterocycles. The van der Waals surface area contributed by atoms with E-state index in [9.17, 15) is 4.79 Å². The number of hydrogen-bond donors (Lipinski definition) is 0. The van der Waals surface area contributed by atoms with Crippen LogP contribution < -0.4 is 0 Å². The van der Waals surface area contributed by atoms with Gasteiger partial charge in [-0.15, -0.1) is 0 Å².